The molecule has 5 nitrogen and oxygen atoms in total. The Balaban J connectivity index is 1.99. The molecule has 2 rings (SSSR count). The van der Waals surface area contributed by atoms with Gasteiger partial charge in [-0.1, -0.05) is 11.6 Å². The first-order chi connectivity index (χ1) is 9.10. The Morgan fingerprint density at radius 2 is 2.16 bits per heavy atom. The molecule has 1 fully saturated rings. The Morgan fingerprint density at radius 3 is 2.74 bits per heavy atom. The zero-order chi connectivity index (χ0) is 13.8. The van der Waals surface area contributed by atoms with Crippen molar-refractivity contribution < 1.29 is 4.79 Å². The lowest BCUT2D eigenvalue weighted by atomic mass is 10.0. The van der Waals surface area contributed by atoms with Crippen LogP contribution in [-0.2, 0) is 0 Å². The largest absolute Gasteiger partial charge is 0.381 e. The molecule has 0 unspecified atom stereocenters. The van der Waals surface area contributed by atoms with Crippen LogP contribution in [0.5, 0.6) is 0 Å². The highest BCUT2D eigenvalue weighted by Crippen LogP contribution is 2.25. The molecule has 1 aromatic carbocycles. The van der Waals surface area contributed by atoms with E-state index in [1.54, 1.807) is 23.1 Å². The lowest BCUT2D eigenvalue weighted by Crippen LogP contribution is -2.44. The maximum Gasteiger partial charge on any atom is 0.314 e. The van der Waals surface area contributed by atoms with Crippen molar-refractivity contribution in [1.82, 2.24) is 4.90 Å². The number of nitrogens with one attached hydrogen (secondary N) is 1. The number of hydrogen-bond donors (Lipinski definition) is 2. The van der Waals surface area contributed by atoms with Crippen LogP contribution in [0.4, 0.5) is 10.5 Å². The summed E-state index contributed by atoms with van der Waals surface area (Å²) >= 11 is 6.10. The first-order valence-corrected chi connectivity index (χ1v) is 6.48. The van der Waals surface area contributed by atoms with Crippen LogP contribution in [0.25, 0.3) is 0 Å². The van der Waals surface area contributed by atoms with Crippen LogP contribution >= 0.6 is 11.6 Å². The average molecular weight is 279 g/mol. The van der Waals surface area contributed by atoms with Gasteiger partial charge in [0.25, 0.3) is 0 Å². The molecule has 0 atom stereocenters. The molecule has 0 bridgehead atoms. The fourth-order valence-corrected chi connectivity index (χ4v) is 2.34. The first kappa shape index (κ1) is 13.5. The van der Waals surface area contributed by atoms with Gasteiger partial charge in [0.2, 0.25) is 0 Å². The number of nitriles is 1. The molecule has 0 radical (unpaired) electrons. The van der Waals surface area contributed by atoms with Crippen LogP contribution in [0.3, 0.4) is 0 Å². The van der Waals surface area contributed by atoms with Crippen LogP contribution in [0.15, 0.2) is 18.2 Å². The van der Waals surface area contributed by atoms with E-state index >= 15 is 0 Å². The summed E-state index contributed by atoms with van der Waals surface area (Å²) in [6, 6.07) is 7.08. The molecule has 1 aliphatic rings. The molecular weight excluding hydrogens is 264 g/mol. The van der Waals surface area contributed by atoms with E-state index in [-0.39, 0.29) is 12.1 Å². The molecule has 0 aliphatic carbocycles. The van der Waals surface area contributed by atoms with Crippen molar-refractivity contribution >= 4 is 23.3 Å². The van der Waals surface area contributed by atoms with Crippen LogP contribution in [0.1, 0.15) is 18.4 Å². The van der Waals surface area contributed by atoms with Crippen LogP contribution < -0.4 is 11.1 Å². The number of carbonyl (C=O) groups excluding carboxylic acids is 1. The number of carbonyl (C=O) groups is 1. The van der Waals surface area contributed by atoms with Crippen molar-refractivity contribution in [3.05, 3.63) is 28.8 Å². The molecule has 6 heteroatoms. The number of anilines is 1. The fraction of sp³-hybridized carbons (Fsp3) is 0.385. The van der Waals surface area contributed by atoms with Crippen molar-refractivity contribution in [2.45, 2.75) is 18.9 Å². The number of halogens is 1. The monoisotopic (exact) mass is 278 g/mol. The van der Waals surface area contributed by atoms with E-state index in [4.69, 9.17) is 22.6 Å². The lowest BCUT2D eigenvalue weighted by molar-refractivity contribution is 0.193. The first-order valence-electron chi connectivity index (χ1n) is 6.10. The molecule has 100 valence electrons. The highest BCUT2D eigenvalue weighted by atomic mass is 35.5. The molecular formula is C13H15ClN4O. The number of nitrogens with two attached hydrogens (primary N) is 1. The number of piperidine rings is 1. The maximum absolute atomic E-state index is 11.0. The van der Waals surface area contributed by atoms with Gasteiger partial charge in [-0.3, -0.25) is 0 Å². The number of urea groups is 1. The molecule has 1 aliphatic heterocycles. The summed E-state index contributed by atoms with van der Waals surface area (Å²) in [5, 5.41) is 12.8. The third kappa shape index (κ3) is 3.30. The van der Waals surface area contributed by atoms with Gasteiger partial charge >= 0.3 is 6.03 Å². The smallest absolute Gasteiger partial charge is 0.314 e. The zero-order valence-electron chi connectivity index (χ0n) is 10.4. The quantitative estimate of drug-likeness (QED) is 0.870. The van der Waals surface area contributed by atoms with Gasteiger partial charge in [-0.05, 0) is 31.0 Å². The van der Waals surface area contributed by atoms with Gasteiger partial charge in [0.15, 0.2) is 0 Å². The van der Waals surface area contributed by atoms with E-state index in [9.17, 15) is 4.79 Å². The second-order valence-electron chi connectivity index (χ2n) is 4.55. The molecule has 1 saturated heterocycles. The molecule has 2 amide bonds. The second kappa shape index (κ2) is 5.81. The van der Waals surface area contributed by atoms with Gasteiger partial charge in [-0.25, -0.2) is 4.79 Å². The number of likely N-dealkylation sites (tertiary alicyclic amines) is 1. The van der Waals surface area contributed by atoms with E-state index in [1.165, 1.54) is 0 Å². The van der Waals surface area contributed by atoms with Gasteiger partial charge in [-0.2, -0.15) is 5.26 Å². The lowest BCUT2D eigenvalue weighted by Gasteiger charge is -2.31. The predicted octanol–water partition coefficient (Wildman–Crippen LogP) is 2.17. The minimum absolute atomic E-state index is 0.238. The van der Waals surface area contributed by atoms with Crippen molar-refractivity contribution in [3.8, 4) is 6.07 Å². The Bertz CT molecular complexity index is 518. The predicted molar refractivity (Wildman–Crippen MR) is 74.0 cm³/mol. The SMILES string of the molecule is N#Cc1ccc(Cl)c(NC2CCN(C(N)=O)CC2)c1. The van der Waals surface area contributed by atoms with E-state index in [0.29, 0.717) is 23.7 Å². The molecule has 19 heavy (non-hydrogen) atoms. The number of primary amides is 1. The van der Waals surface area contributed by atoms with Crippen molar-refractivity contribution in [2.75, 3.05) is 18.4 Å². The summed E-state index contributed by atoms with van der Waals surface area (Å²) in [7, 11) is 0. The minimum Gasteiger partial charge on any atom is -0.381 e. The number of nitrogens with zero attached hydrogens (tertiary/aromatic N) is 2. The molecule has 1 heterocycles. The third-order valence-corrected chi connectivity index (χ3v) is 3.59. The van der Waals surface area contributed by atoms with Gasteiger partial charge in [0.1, 0.15) is 0 Å². The van der Waals surface area contributed by atoms with E-state index in [0.717, 1.165) is 18.5 Å². The summed E-state index contributed by atoms with van der Waals surface area (Å²) in [5.41, 5.74) is 6.57. The third-order valence-electron chi connectivity index (χ3n) is 3.26. The molecule has 3 N–H and O–H groups in total. The summed E-state index contributed by atoms with van der Waals surface area (Å²) in [4.78, 5) is 12.7. The topological polar surface area (TPSA) is 82.2 Å². The molecule has 0 spiro atoms. The summed E-state index contributed by atoms with van der Waals surface area (Å²) in [6.07, 6.45) is 1.63. The second-order valence-corrected chi connectivity index (χ2v) is 4.96. The minimum atomic E-state index is -0.372. The summed E-state index contributed by atoms with van der Waals surface area (Å²) in [5.74, 6) is 0. The number of amides is 2. The Morgan fingerprint density at radius 1 is 1.47 bits per heavy atom. The fourth-order valence-electron chi connectivity index (χ4n) is 2.17. The van der Waals surface area contributed by atoms with Gasteiger partial charge in [-0.15, -0.1) is 0 Å². The van der Waals surface area contributed by atoms with E-state index < -0.39 is 0 Å². The Kier molecular flexibility index (Phi) is 4.13. The van der Waals surface area contributed by atoms with Crippen molar-refractivity contribution in [1.29, 1.82) is 5.26 Å². The molecule has 0 saturated carbocycles. The Hall–Kier alpha value is -1.93. The normalized spacial score (nSPS) is 15.9. The van der Waals surface area contributed by atoms with E-state index in [2.05, 4.69) is 11.4 Å². The standard InChI is InChI=1S/C13H15ClN4O/c14-11-2-1-9(8-15)7-12(11)17-10-3-5-18(6-4-10)13(16)19/h1-2,7,10,17H,3-6H2,(H2,16,19). The van der Waals surface area contributed by atoms with Crippen molar-refractivity contribution in [2.24, 2.45) is 5.73 Å². The summed E-state index contributed by atoms with van der Waals surface area (Å²) < 4.78 is 0. The van der Waals surface area contributed by atoms with Crippen LogP contribution in [-0.4, -0.2) is 30.1 Å². The average Bonchev–Trinajstić information content (AvgIpc) is 2.42. The number of rotatable bonds is 2. The van der Waals surface area contributed by atoms with Crippen LogP contribution in [0, 0.1) is 11.3 Å². The van der Waals surface area contributed by atoms with Crippen molar-refractivity contribution in [3.63, 3.8) is 0 Å². The van der Waals surface area contributed by atoms with Gasteiger partial charge in [0, 0.05) is 19.1 Å². The van der Waals surface area contributed by atoms with Gasteiger partial charge in [0.05, 0.1) is 22.3 Å². The highest BCUT2D eigenvalue weighted by Gasteiger charge is 2.21. The van der Waals surface area contributed by atoms with Gasteiger partial charge < -0.3 is 16.0 Å². The van der Waals surface area contributed by atoms with Crippen LogP contribution in [0.2, 0.25) is 5.02 Å². The highest BCUT2D eigenvalue weighted by molar-refractivity contribution is 6.33. The number of benzene rings is 1. The molecule has 0 aromatic heterocycles. The number of hydrogen-bond acceptors (Lipinski definition) is 3. The zero-order valence-corrected chi connectivity index (χ0v) is 11.2. The maximum atomic E-state index is 11.0. The van der Waals surface area contributed by atoms with E-state index in [1.807, 2.05) is 0 Å². The Labute approximate surface area is 116 Å². The summed E-state index contributed by atoms with van der Waals surface area (Å²) in [6.45, 7) is 1.28. The molecule has 1 aromatic rings.